The number of aliphatic hydroxyl groups is 1. The number of carboxylic acid groups (broad SMARTS) is 1. The highest BCUT2D eigenvalue weighted by molar-refractivity contribution is 8.17. The number of fused-ring (bicyclic) bond motifs is 1. The number of β-lactam (4-membered cyclic amide) rings is 1. The zero-order chi connectivity index (χ0) is 20.6. The van der Waals surface area contributed by atoms with Crippen molar-refractivity contribution >= 4 is 35.4 Å². The summed E-state index contributed by atoms with van der Waals surface area (Å²) in [7, 11) is 2.32. The third kappa shape index (κ3) is 4.17. The summed E-state index contributed by atoms with van der Waals surface area (Å²) in [5.74, 6) is -1.66. The second kappa shape index (κ2) is 8.49. The number of carbonyl (C=O) groups is 2. The minimum atomic E-state index is -1.20. The SMILES string of the molecule is C[N+]1(Cc2cccc(SC3SC4[C@@H](CCO)C(=O)N4C3C(=O)[O-])c2)CCCCC1. The summed E-state index contributed by atoms with van der Waals surface area (Å²) in [6, 6.07) is 7.44. The zero-order valence-corrected chi connectivity index (χ0v) is 18.3. The Hall–Kier alpha value is -1.22. The first kappa shape index (κ1) is 21.0. The summed E-state index contributed by atoms with van der Waals surface area (Å²) in [6.45, 7) is 3.33. The fraction of sp³-hybridized carbons (Fsp3) is 0.619. The van der Waals surface area contributed by atoms with Gasteiger partial charge in [-0.2, -0.15) is 0 Å². The Balaban J connectivity index is 1.47. The van der Waals surface area contributed by atoms with Crippen molar-refractivity contribution in [2.75, 3.05) is 26.7 Å². The smallest absolute Gasteiger partial charge is 0.230 e. The van der Waals surface area contributed by atoms with Crippen LogP contribution in [0, 0.1) is 5.92 Å². The van der Waals surface area contributed by atoms with Crippen LogP contribution in [0.4, 0.5) is 0 Å². The maximum absolute atomic E-state index is 12.4. The molecule has 0 radical (unpaired) electrons. The minimum Gasteiger partial charge on any atom is -0.548 e. The van der Waals surface area contributed by atoms with Gasteiger partial charge < -0.3 is 24.4 Å². The summed E-state index contributed by atoms with van der Waals surface area (Å²) in [5.41, 5.74) is 1.27. The summed E-state index contributed by atoms with van der Waals surface area (Å²) in [4.78, 5) is 26.6. The maximum Gasteiger partial charge on any atom is 0.230 e. The minimum absolute atomic E-state index is 0.0613. The van der Waals surface area contributed by atoms with E-state index in [1.807, 2.05) is 12.1 Å². The van der Waals surface area contributed by atoms with E-state index in [-0.39, 0.29) is 28.4 Å². The number of hydrogen-bond acceptors (Lipinski definition) is 6. The van der Waals surface area contributed by atoms with Gasteiger partial charge in [-0.3, -0.25) is 4.79 Å². The Bertz CT molecular complexity index is 784. The number of quaternary nitrogens is 1. The molecule has 3 aliphatic heterocycles. The topological polar surface area (TPSA) is 80.7 Å². The summed E-state index contributed by atoms with van der Waals surface area (Å²) < 4.78 is 0.758. The molecule has 0 aliphatic carbocycles. The van der Waals surface area contributed by atoms with E-state index in [2.05, 4.69) is 19.2 Å². The molecular formula is C21H28N2O4S2. The van der Waals surface area contributed by atoms with Crippen LogP contribution in [0.1, 0.15) is 31.2 Å². The molecule has 3 unspecified atom stereocenters. The first-order valence-corrected chi connectivity index (χ1v) is 12.1. The Labute approximate surface area is 180 Å². The number of piperidine rings is 1. The Kier molecular flexibility index (Phi) is 6.16. The van der Waals surface area contributed by atoms with Gasteiger partial charge in [0.25, 0.3) is 0 Å². The van der Waals surface area contributed by atoms with Gasteiger partial charge in [-0.15, -0.1) is 23.5 Å². The molecule has 1 aromatic carbocycles. The molecule has 3 aliphatic rings. The molecule has 3 heterocycles. The lowest BCUT2D eigenvalue weighted by molar-refractivity contribution is -0.926. The van der Waals surface area contributed by atoms with E-state index in [0.29, 0.717) is 6.42 Å². The van der Waals surface area contributed by atoms with E-state index >= 15 is 0 Å². The number of aliphatic carboxylic acids is 1. The van der Waals surface area contributed by atoms with Crippen LogP contribution in [-0.2, 0) is 16.1 Å². The number of benzene rings is 1. The number of carbonyl (C=O) groups excluding carboxylic acids is 2. The highest BCUT2D eigenvalue weighted by Gasteiger charge is 2.58. The molecule has 6 nitrogen and oxygen atoms in total. The van der Waals surface area contributed by atoms with Crippen molar-refractivity contribution < 1.29 is 24.3 Å². The quantitative estimate of drug-likeness (QED) is 0.512. The summed E-state index contributed by atoms with van der Waals surface area (Å²) in [5, 5.41) is 20.8. The Morgan fingerprint density at radius 3 is 2.79 bits per heavy atom. The first-order valence-electron chi connectivity index (χ1n) is 10.3. The van der Waals surface area contributed by atoms with Crippen LogP contribution in [0.25, 0.3) is 0 Å². The van der Waals surface area contributed by atoms with Crippen molar-refractivity contribution in [1.82, 2.24) is 4.90 Å². The van der Waals surface area contributed by atoms with E-state index in [1.165, 1.54) is 66.3 Å². The third-order valence-electron chi connectivity index (χ3n) is 6.31. The van der Waals surface area contributed by atoms with Crippen molar-refractivity contribution in [2.24, 2.45) is 5.92 Å². The average molecular weight is 437 g/mol. The predicted molar refractivity (Wildman–Crippen MR) is 112 cm³/mol. The van der Waals surface area contributed by atoms with Crippen LogP contribution < -0.4 is 5.11 Å². The lowest BCUT2D eigenvalue weighted by atomic mass is 9.93. The second-order valence-electron chi connectivity index (χ2n) is 8.57. The van der Waals surface area contributed by atoms with Crippen molar-refractivity contribution in [3.63, 3.8) is 0 Å². The number of likely N-dealkylation sites (tertiary alicyclic amines) is 1. The molecule has 1 N–H and O–H groups in total. The van der Waals surface area contributed by atoms with Crippen molar-refractivity contribution in [2.45, 2.75) is 53.1 Å². The molecule has 1 aromatic rings. The molecule has 3 fully saturated rings. The van der Waals surface area contributed by atoms with Gasteiger partial charge in [0.15, 0.2) is 0 Å². The highest BCUT2D eigenvalue weighted by atomic mass is 32.2. The number of aliphatic hydroxyl groups excluding tert-OH is 1. The molecule has 0 spiro atoms. The molecule has 0 bridgehead atoms. The lowest BCUT2D eigenvalue weighted by Crippen LogP contribution is -2.63. The average Bonchev–Trinajstić information content (AvgIpc) is 3.02. The molecule has 3 saturated heterocycles. The van der Waals surface area contributed by atoms with Crippen LogP contribution in [-0.4, -0.2) is 69.1 Å². The van der Waals surface area contributed by atoms with E-state index in [4.69, 9.17) is 0 Å². The van der Waals surface area contributed by atoms with Gasteiger partial charge in [0, 0.05) is 17.1 Å². The lowest BCUT2D eigenvalue weighted by Gasteiger charge is -2.44. The fourth-order valence-electron chi connectivity index (χ4n) is 4.80. The molecule has 1 amide bonds. The Morgan fingerprint density at radius 1 is 1.34 bits per heavy atom. The van der Waals surface area contributed by atoms with Gasteiger partial charge in [0.05, 0.1) is 48.0 Å². The molecule has 158 valence electrons. The number of hydrogen-bond donors (Lipinski definition) is 1. The fourth-order valence-corrected chi connectivity index (χ4v) is 8.18. The van der Waals surface area contributed by atoms with Gasteiger partial charge in [-0.1, -0.05) is 12.1 Å². The number of thioether (sulfide) groups is 2. The molecule has 8 heteroatoms. The van der Waals surface area contributed by atoms with Crippen LogP contribution >= 0.6 is 23.5 Å². The largest absolute Gasteiger partial charge is 0.548 e. The number of amides is 1. The second-order valence-corrected chi connectivity index (χ2v) is 11.4. The monoisotopic (exact) mass is 436 g/mol. The standard InChI is InChI=1S/C21H28N2O4S2/c1-23(9-3-2-4-10-23)13-14-6-5-7-15(12-14)28-21-17(20(26)27)22-18(25)16(8-11-24)19(22)29-21/h5-7,12,16-17,19,21,24H,2-4,8-11,13H2,1H3/t16-,17?,19?,21?/m0/s1. The van der Waals surface area contributed by atoms with E-state index in [9.17, 15) is 19.8 Å². The summed E-state index contributed by atoms with van der Waals surface area (Å²) in [6.07, 6.45) is 4.26. The van der Waals surface area contributed by atoms with Gasteiger partial charge in [0.1, 0.15) is 6.54 Å². The number of rotatable bonds is 7. The molecule has 4 rings (SSSR count). The van der Waals surface area contributed by atoms with Crippen LogP contribution in [0.5, 0.6) is 0 Å². The first-order chi connectivity index (χ1) is 13.9. The zero-order valence-electron chi connectivity index (χ0n) is 16.7. The third-order valence-corrected chi connectivity index (χ3v) is 9.31. The van der Waals surface area contributed by atoms with Crippen molar-refractivity contribution in [1.29, 1.82) is 0 Å². The normalized spacial score (nSPS) is 30.7. The van der Waals surface area contributed by atoms with Gasteiger partial charge >= 0.3 is 0 Å². The van der Waals surface area contributed by atoms with Crippen LogP contribution in [0.3, 0.4) is 0 Å². The van der Waals surface area contributed by atoms with E-state index < -0.39 is 12.0 Å². The molecule has 4 atom stereocenters. The predicted octanol–water partition coefficient (Wildman–Crippen LogP) is 1.27. The molecule has 0 aromatic heterocycles. The number of carboxylic acids is 1. The molecule has 0 saturated carbocycles. The van der Waals surface area contributed by atoms with E-state index in [0.717, 1.165) is 15.9 Å². The van der Waals surface area contributed by atoms with E-state index in [1.54, 1.807) is 0 Å². The van der Waals surface area contributed by atoms with Crippen molar-refractivity contribution in [3.8, 4) is 0 Å². The van der Waals surface area contributed by atoms with Crippen LogP contribution in [0.15, 0.2) is 29.2 Å². The highest BCUT2D eigenvalue weighted by Crippen LogP contribution is 2.53. The van der Waals surface area contributed by atoms with Gasteiger partial charge in [-0.25, -0.2) is 0 Å². The van der Waals surface area contributed by atoms with Gasteiger partial charge in [0.2, 0.25) is 5.91 Å². The molecule has 29 heavy (non-hydrogen) atoms. The maximum atomic E-state index is 12.4. The van der Waals surface area contributed by atoms with Crippen molar-refractivity contribution in [3.05, 3.63) is 29.8 Å². The molecular weight excluding hydrogens is 408 g/mol. The van der Waals surface area contributed by atoms with Gasteiger partial charge in [-0.05, 0) is 37.8 Å². The number of nitrogens with zero attached hydrogens (tertiary/aromatic N) is 2. The Morgan fingerprint density at radius 2 is 2.10 bits per heavy atom. The summed E-state index contributed by atoms with van der Waals surface area (Å²) >= 11 is 3.03. The van der Waals surface area contributed by atoms with Crippen LogP contribution in [0.2, 0.25) is 0 Å².